The first-order chi connectivity index (χ1) is 13.5. The second-order valence-electron chi connectivity index (χ2n) is 7.61. The van der Waals surface area contributed by atoms with E-state index in [1.54, 1.807) is 7.11 Å². The fourth-order valence-corrected chi connectivity index (χ4v) is 3.94. The Balaban J connectivity index is 1.85. The van der Waals surface area contributed by atoms with Crippen LogP contribution in [0.25, 0.3) is 0 Å². The van der Waals surface area contributed by atoms with Gasteiger partial charge in [0.15, 0.2) is 0 Å². The fourth-order valence-electron chi connectivity index (χ4n) is 3.94. The zero-order chi connectivity index (χ0) is 20.3. The van der Waals surface area contributed by atoms with Gasteiger partial charge in [-0.2, -0.15) is 0 Å². The van der Waals surface area contributed by atoms with Gasteiger partial charge in [0.25, 0.3) is 0 Å². The molecule has 7 heteroatoms. The summed E-state index contributed by atoms with van der Waals surface area (Å²) in [5.41, 5.74) is 0.845. The molecule has 1 aliphatic carbocycles. The maximum atomic E-state index is 13.0. The molecule has 1 heterocycles. The van der Waals surface area contributed by atoms with Crippen molar-refractivity contribution < 1.29 is 24.2 Å². The van der Waals surface area contributed by atoms with Gasteiger partial charge in [0.05, 0.1) is 19.1 Å². The third-order valence-corrected chi connectivity index (χ3v) is 5.54. The molecular formula is C21H28N2O5. The summed E-state index contributed by atoms with van der Waals surface area (Å²) < 4.78 is 5.31. The van der Waals surface area contributed by atoms with Crippen LogP contribution in [0.15, 0.2) is 24.3 Å². The van der Waals surface area contributed by atoms with Crippen molar-refractivity contribution in [2.24, 2.45) is 5.92 Å². The van der Waals surface area contributed by atoms with Crippen LogP contribution in [0.3, 0.4) is 0 Å². The lowest BCUT2D eigenvalue weighted by Crippen LogP contribution is -2.45. The van der Waals surface area contributed by atoms with E-state index in [-0.39, 0.29) is 24.3 Å². The molecule has 0 aromatic heterocycles. The van der Waals surface area contributed by atoms with Gasteiger partial charge in [0, 0.05) is 12.5 Å². The lowest BCUT2D eigenvalue weighted by molar-refractivity contribution is -0.142. The van der Waals surface area contributed by atoms with Gasteiger partial charge < -0.3 is 20.1 Å². The second-order valence-corrected chi connectivity index (χ2v) is 7.61. The molecule has 1 saturated carbocycles. The van der Waals surface area contributed by atoms with E-state index in [4.69, 9.17) is 4.74 Å². The van der Waals surface area contributed by atoms with Crippen LogP contribution in [-0.2, 0) is 14.4 Å². The lowest BCUT2D eigenvalue weighted by atomic mass is 9.92. The monoisotopic (exact) mass is 388 g/mol. The summed E-state index contributed by atoms with van der Waals surface area (Å²) in [6, 6.07) is 6.26. The molecule has 1 saturated heterocycles. The van der Waals surface area contributed by atoms with Crippen molar-refractivity contribution in [3.63, 3.8) is 0 Å². The number of carboxylic acid groups (broad SMARTS) is 1. The number of rotatable bonds is 9. The minimum absolute atomic E-state index is 0.0455. The molecule has 7 nitrogen and oxygen atoms in total. The number of unbranched alkanes of at least 4 members (excludes halogenated alkanes) is 1. The number of hydrogen-bond donors (Lipinski definition) is 2. The highest BCUT2D eigenvalue weighted by Crippen LogP contribution is 2.45. The van der Waals surface area contributed by atoms with Crippen LogP contribution in [0.4, 0.5) is 0 Å². The van der Waals surface area contributed by atoms with Gasteiger partial charge >= 0.3 is 5.97 Å². The Morgan fingerprint density at radius 1 is 1.36 bits per heavy atom. The van der Waals surface area contributed by atoms with E-state index in [1.165, 1.54) is 0 Å². The number of amides is 2. The number of benzene rings is 1. The van der Waals surface area contributed by atoms with Gasteiger partial charge in [-0.15, -0.1) is 0 Å². The number of ether oxygens (including phenoxy) is 1. The van der Waals surface area contributed by atoms with E-state index in [1.807, 2.05) is 36.1 Å². The van der Waals surface area contributed by atoms with Crippen molar-refractivity contribution in [1.82, 2.24) is 10.2 Å². The molecule has 152 valence electrons. The Labute approximate surface area is 165 Å². The van der Waals surface area contributed by atoms with E-state index in [0.717, 1.165) is 24.8 Å². The maximum absolute atomic E-state index is 13.0. The van der Waals surface area contributed by atoms with Gasteiger partial charge in [-0.05, 0) is 37.0 Å². The number of methoxy groups -OCH3 is 1. The number of aliphatic carboxylic acids is 1. The standard InChI is InChI=1S/C21H28N2O5/c1-3-4-8-17(21(26)27)22-20(25)16-12-18(24)23(14-9-10-14)19(16)13-6-5-7-15(11-13)28-2/h5-7,11,14,16-17,19H,3-4,8-10,12H2,1-2H3,(H,22,25)(H,26,27). The Kier molecular flexibility index (Phi) is 6.21. The van der Waals surface area contributed by atoms with E-state index in [0.29, 0.717) is 18.6 Å². The molecule has 0 radical (unpaired) electrons. The first-order valence-corrected chi connectivity index (χ1v) is 9.94. The normalized spacial score (nSPS) is 22.8. The van der Waals surface area contributed by atoms with Crippen molar-refractivity contribution in [2.45, 2.75) is 63.6 Å². The maximum Gasteiger partial charge on any atom is 0.326 e. The van der Waals surface area contributed by atoms with Crippen LogP contribution < -0.4 is 10.1 Å². The van der Waals surface area contributed by atoms with Crippen molar-refractivity contribution in [1.29, 1.82) is 0 Å². The Hall–Kier alpha value is -2.57. The highest BCUT2D eigenvalue weighted by atomic mass is 16.5. The number of nitrogens with zero attached hydrogens (tertiary/aromatic N) is 1. The number of likely N-dealkylation sites (tertiary alicyclic amines) is 1. The first-order valence-electron chi connectivity index (χ1n) is 9.94. The SMILES string of the molecule is CCCCC(NC(=O)C1CC(=O)N(C2CC2)C1c1cccc(OC)c1)C(=O)O. The average Bonchev–Trinajstić information content (AvgIpc) is 3.46. The van der Waals surface area contributed by atoms with Gasteiger partial charge in [0.1, 0.15) is 11.8 Å². The van der Waals surface area contributed by atoms with Crippen LogP contribution in [0.2, 0.25) is 0 Å². The van der Waals surface area contributed by atoms with Crippen molar-refractivity contribution in [3.8, 4) is 5.75 Å². The van der Waals surface area contributed by atoms with Crippen molar-refractivity contribution in [3.05, 3.63) is 29.8 Å². The Morgan fingerprint density at radius 2 is 2.11 bits per heavy atom. The summed E-state index contributed by atoms with van der Waals surface area (Å²) in [5.74, 6) is -1.39. The van der Waals surface area contributed by atoms with Crippen molar-refractivity contribution >= 4 is 17.8 Å². The number of nitrogens with one attached hydrogen (secondary N) is 1. The number of carboxylic acids is 1. The van der Waals surface area contributed by atoms with Crippen molar-refractivity contribution in [2.75, 3.05) is 7.11 Å². The Morgan fingerprint density at radius 3 is 2.71 bits per heavy atom. The zero-order valence-electron chi connectivity index (χ0n) is 16.4. The average molecular weight is 388 g/mol. The molecule has 0 bridgehead atoms. The highest BCUT2D eigenvalue weighted by molar-refractivity contribution is 5.92. The molecule has 1 aromatic carbocycles. The summed E-state index contributed by atoms with van der Waals surface area (Å²) in [6.07, 6.45) is 3.93. The quantitative estimate of drug-likeness (QED) is 0.678. The molecule has 0 spiro atoms. The predicted molar refractivity (Wildman–Crippen MR) is 103 cm³/mol. The molecule has 2 amide bonds. The summed E-state index contributed by atoms with van der Waals surface area (Å²) in [6.45, 7) is 1.97. The predicted octanol–water partition coefficient (Wildman–Crippen LogP) is 2.51. The second kappa shape index (κ2) is 8.63. The fraction of sp³-hybridized carbons (Fsp3) is 0.571. The molecule has 1 aliphatic heterocycles. The molecule has 3 atom stereocenters. The summed E-state index contributed by atoms with van der Waals surface area (Å²) in [7, 11) is 1.58. The van der Waals surface area contributed by atoms with Gasteiger partial charge in [0.2, 0.25) is 11.8 Å². The smallest absolute Gasteiger partial charge is 0.326 e. The minimum atomic E-state index is -1.04. The number of carbonyl (C=O) groups excluding carboxylic acids is 2. The van der Waals surface area contributed by atoms with E-state index in [2.05, 4.69) is 5.32 Å². The molecular weight excluding hydrogens is 360 g/mol. The molecule has 2 N–H and O–H groups in total. The van der Waals surface area contributed by atoms with Gasteiger partial charge in [-0.25, -0.2) is 4.79 Å². The Bertz CT molecular complexity index is 746. The molecule has 2 fully saturated rings. The van der Waals surface area contributed by atoms with Crippen LogP contribution in [0.5, 0.6) is 5.75 Å². The molecule has 3 unspecified atom stereocenters. The van der Waals surface area contributed by atoms with Gasteiger partial charge in [-0.3, -0.25) is 9.59 Å². The van der Waals surface area contributed by atoms with Crippen LogP contribution in [0.1, 0.15) is 57.1 Å². The van der Waals surface area contributed by atoms with Crippen LogP contribution in [-0.4, -0.2) is 47.0 Å². The largest absolute Gasteiger partial charge is 0.497 e. The summed E-state index contributed by atoms with van der Waals surface area (Å²) in [4.78, 5) is 39.1. The molecule has 2 aliphatic rings. The van der Waals surface area contributed by atoms with Crippen LogP contribution >= 0.6 is 0 Å². The number of carbonyl (C=O) groups is 3. The lowest BCUT2D eigenvalue weighted by Gasteiger charge is -2.29. The third kappa shape index (κ3) is 4.29. The van der Waals surface area contributed by atoms with E-state index in [9.17, 15) is 19.5 Å². The van der Waals surface area contributed by atoms with E-state index >= 15 is 0 Å². The minimum Gasteiger partial charge on any atom is -0.497 e. The third-order valence-electron chi connectivity index (χ3n) is 5.54. The first kappa shape index (κ1) is 20.2. The molecule has 1 aromatic rings. The highest BCUT2D eigenvalue weighted by Gasteiger charge is 2.50. The number of hydrogen-bond acceptors (Lipinski definition) is 4. The zero-order valence-corrected chi connectivity index (χ0v) is 16.4. The molecule has 28 heavy (non-hydrogen) atoms. The topological polar surface area (TPSA) is 95.9 Å². The van der Waals surface area contributed by atoms with E-state index < -0.39 is 24.0 Å². The van der Waals surface area contributed by atoms with Crippen LogP contribution in [0, 0.1) is 5.92 Å². The van der Waals surface area contributed by atoms with Gasteiger partial charge in [-0.1, -0.05) is 31.9 Å². The summed E-state index contributed by atoms with van der Waals surface area (Å²) in [5, 5.41) is 12.1. The molecule has 3 rings (SSSR count). The summed E-state index contributed by atoms with van der Waals surface area (Å²) >= 11 is 0.